The summed E-state index contributed by atoms with van der Waals surface area (Å²) in [4.78, 5) is 22.1. The number of amides is 1. The highest BCUT2D eigenvalue weighted by Crippen LogP contribution is 2.34. The van der Waals surface area contributed by atoms with E-state index < -0.39 is 0 Å². The average Bonchev–Trinajstić information content (AvgIpc) is 3.33. The number of benzene rings is 1. The van der Waals surface area contributed by atoms with E-state index >= 15 is 0 Å². The lowest BCUT2D eigenvalue weighted by Gasteiger charge is -2.21. The maximum Gasteiger partial charge on any atom is 0.416 e. The van der Waals surface area contributed by atoms with Gasteiger partial charge in [-0.1, -0.05) is 30.3 Å². The number of nitrogens with zero attached hydrogens (tertiary/aromatic N) is 3. The topological polar surface area (TPSA) is 55.3 Å². The SMILES string of the molecule is O=C(OCc1ccccc1)N(c1ncncc1Br)C1CC1. The molecule has 1 fully saturated rings. The zero-order chi connectivity index (χ0) is 14.7. The van der Waals surface area contributed by atoms with Gasteiger partial charge in [0.15, 0.2) is 5.82 Å². The molecule has 3 rings (SSSR count). The molecule has 0 radical (unpaired) electrons. The second-order valence-electron chi connectivity index (χ2n) is 4.84. The molecule has 1 aliphatic carbocycles. The van der Waals surface area contributed by atoms with Crippen molar-refractivity contribution < 1.29 is 9.53 Å². The summed E-state index contributed by atoms with van der Waals surface area (Å²) in [7, 11) is 0. The van der Waals surface area contributed by atoms with Crippen LogP contribution in [0.3, 0.4) is 0 Å². The van der Waals surface area contributed by atoms with Gasteiger partial charge in [0.1, 0.15) is 12.9 Å². The second kappa shape index (κ2) is 6.22. The molecular formula is C15H14BrN3O2. The highest BCUT2D eigenvalue weighted by atomic mass is 79.9. The van der Waals surface area contributed by atoms with Gasteiger partial charge in [-0.25, -0.2) is 14.8 Å². The minimum atomic E-state index is -0.374. The summed E-state index contributed by atoms with van der Waals surface area (Å²) < 4.78 is 6.10. The second-order valence-corrected chi connectivity index (χ2v) is 5.69. The van der Waals surface area contributed by atoms with Gasteiger partial charge in [-0.15, -0.1) is 0 Å². The molecule has 2 aromatic rings. The maximum atomic E-state index is 12.4. The fraction of sp³-hybridized carbons (Fsp3) is 0.267. The Labute approximate surface area is 131 Å². The number of anilines is 1. The van der Waals surface area contributed by atoms with Crippen LogP contribution < -0.4 is 4.90 Å². The highest BCUT2D eigenvalue weighted by Gasteiger charge is 2.36. The molecule has 0 atom stereocenters. The molecule has 1 heterocycles. The molecule has 0 aliphatic heterocycles. The normalized spacial score (nSPS) is 13.8. The number of ether oxygens (including phenoxy) is 1. The molecule has 1 saturated carbocycles. The van der Waals surface area contributed by atoms with Crippen LogP contribution in [0.4, 0.5) is 10.6 Å². The van der Waals surface area contributed by atoms with Gasteiger partial charge in [0.05, 0.1) is 4.47 Å². The summed E-state index contributed by atoms with van der Waals surface area (Å²) in [5.74, 6) is 0.561. The third kappa shape index (κ3) is 3.39. The molecule has 5 nitrogen and oxygen atoms in total. The zero-order valence-electron chi connectivity index (χ0n) is 11.3. The van der Waals surface area contributed by atoms with Crippen LogP contribution in [-0.4, -0.2) is 22.1 Å². The molecule has 1 aromatic carbocycles. The van der Waals surface area contributed by atoms with E-state index in [0.29, 0.717) is 10.3 Å². The first-order valence-corrected chi connectivity index (χ1v) is 7.50. The molecule has 108 valence electrons. The van der Waals surface area contributed by atoms with Crippen molar-refractivity contribution >= 4 is 27.8 Å². The van der Waals surface area contributed by atoms with Crippen LogP contribution >= 0.6 is 15.9 Å². The lowest BCUT2D eigenvalue weighted by Crippen LogP contribution is -2.34. The summed E-state index contributed by atoms with van der Waals surface area (Å²) in [5, 5.41) is 0. The summed E-state index contributed by atoms with van der Waals surface area (Å²) in [6, 6.07) is 9.79. The number of aromatic nitrogens is 2. The molecule has 21 heavy (non-hydrogen) atoms. The van der Waals surface area contributed by atoms with E-state index in [1.807, 2.05) is 30.3 Å². The Bertz CT molecular complexity index is 632. The molecule has 6 heteroatoms. The molecule has 1 aliphatic rings. The number of halogens is 1. The molecule has 1 amide bonds. The fourth-order valence-corrected chi connectivity index (χ4v) is 2.43. The van der Waals surface area contributed by atoms with Crippen LogP contribution in [0.5, 0.6) is 0 Å². The van der Waals surface area contributed by atoms with E-state index in [0.717, 1.165) is 18.4 Å². The Morgan fingerprint density at radius 2 is 2.10 bits per heavy atom. The predicted molar refractivity (Wildman–Crippen MR) is 81.9 cm³/mol. The molecule has 0 saturated heterocycles. The average molecular weight is 348 g/mol. The Hall–Kier alpha value is -1.95. The van der Waals surface area contributed by atoms with Crippen molar-refractivity contribution in [2.75, 3.05) is 4.90 Å². The van der Waals surface area contributed by atoms with Crippen LogP contribution in [0.25, 0.3) is 0 Å². The van der Waals surface area contributed by atoms with Crippen LogP contribution in [0.1, 0.15) is 18.4 Å². The van der Waals surface area contributed by atoms with E-state index in [9.17, 15) is 4.79 Å². The fourth-order valence-electron chi connectivity index (χ4n) is 2.01. The first-order chi connectivity index (χ1) is 10.3. The number of hydrogen-bond acceptors (Lipinski definition) is 4. The van der Waals surface area contributed by atoms with Gasteiger partial charge in [0.25, 0.3) is 0 Å². The van der Waals surface area contributed by atoms with Gasteiger partial charge in [-0.05, 0) is 34.3 Å². The summed E-state index contributed by atoms with van der Waals surface area (Å²) in [5.41, 5.74) is 0.961. The van der Waals surface area contributed by atoms with Gasteiger partial charge in [-0.3, -0.25) is 4.90 Å². The minimum absolute atomic E-state index is 0.166. The summed E-state index contributed by atoms with van der Waals surface area (Å²) in [6.07, 6.45) is 4.62. The van der Waals surface area contributed by atoms with Crippen molar-refractivity contribution in [1.29, 1.82) is 0 Å². The lowest BCUT2D eigenvalue weighted by molar-refractivity contribution is 0.146. The number of carbonyl (C=O) groups is 1. The molecule has 0 N–H and O–H groups in total. The molecule has 0 spiro atoms. The largest absolute Gasteiger partial charge is 0.444 e. The maximum absolute atomic E-state index is 12.4. The van der Waals surface area contributed by atoms with Crippen molar-refractivity contribution in [3.05, 3.63) is 52.9 Å². The van der Waals surface area contributed by atoms with Gasteiger partial charge >= 0.3 is 6.09 Å². The number of rotatable bonds is 4. The summed E-state index contributed by atoms with van der Waals surface area (Å²) in [6.45, 7) is 0.256. The monoisotopic (exact) mass is 347 g/mol. The van der Waals surface area contributed by atoms with Crippen molar-refractivity contribution in [1.82, 2.24) is 9.97 Å². The molecule has 0 bridgehead atoms. The predicted octanol–water partition coefficient (Wildman–Crippen LogP) is 3.54. The quantitative estimate of drug-likeness (QED) is 0.848. The van der Waals surface area contributed by atoms with E-state index in [4.69, 9.17) is 4.74 Å². The van der Waals surface area contributed by atoms with Gasteiger partial charge in [-0.2, -0.15) is 0 Å². The molecule has 0 unspecified atom stereocenters. The van der Waals surface area contributed by atoms with Crippen LogP contribution in [0.15, 0.2) is 47.3 Å². The smallest absolute Gasteiger partial charge is 0.416 e. The minimum Gasteiger partial charge on any atom is -0.444 e. The van der Waals surface area contributed by atoms with Gasteiger partial charge in [0, 0.05) is 12.2 Å². The first kappa shape index (κ1) is 14.0. The highest BCUT2D eigenvalue weighted by molar-refractivity contribution is 9.10. The number of hydrogen-bond donors (Lipinski definition) is 0. The lowest BCUT2D eigenvalue weighted by atomic mass is 10.2. The Balaban J connectivity index is 1.73. The van der Waals surface area contributed by atoms with E-state index in [1.54, 1.807) is 11.1 Å². The Morgan fingerprint density at radius 1 is 1.33 bits per heavy atom. The molecular weight excluding hydrogens is 334 g/mol. The van der Waals surface area contributed by atoms with Gasteiger partial charge < -0.3 is 4.74 Å². The number of carbonyl (C=O) groups excluding carboxylic acids is 1. The van der Waals surface area contributed by atoms with Crippen molar-refractivity contribution in [2.24, 2.45) is 0 Å². The molecule has 1 aromatic heterocycles. The first-order valence-electron chi connectivity index (χ1n) is 6.71. The Kier molecular flexibility index (Phi) is 4.15. The van der Waals surface area contributed by atoms with E-state index in [2.05, 4.69) is 25.9 Å². The zero-order valence-corrected chi connectivity index (χ0v) is 12.9. The van der Waals surface area contributed by atoms with Gasteiger partial charge in [0.2, 0.25) is 0 Å². The standard InChI is InChI=1S/C15H14BrN3O2/c16-13-8-17-10-18-14(13)19(12-6-7-12)15(20)21-9-11-4-2-1-3-5-11/h1-5,8,10,12H,6-7,9H2. The van der Waals surface area contributed by atoms with Crippen molar-refractivity contribution in [3.63, 3.8) is 0 Å². The van der Waals surface area contributed by atoms with E-state index in [-0.39, 0.29) is 18.7 Å². The van der Waals surface area contributed by atoms with E-state index in [1.165, 1.54) is 6.33 Å². The Morgan fingerprint density at radius 3 is 2.76 bits per heavy atom. The van der Waals surface area contributed by atoms with Crippen LogP contribution in [0, 0.1) is 0 Å². The van der Waals surface area contributed by atoms with Crippen LogP contribution in [-0.2, 0) is 11.3 Å². The van der Waals surface area contributed by atoms with Crippen LogP contribution in [0.2, 0.25) is 0 Å². The third-order valence-corrected chi connectivity index (χ3v) is 3.75. The van der Waals surface area contributed by atoms with Crippen molar-refractivity contribution in [2.45, 2.75) is 25.5 Å². The summed E-state index contributed by atoms with van der Waals surface area (Å²) >= 11 is 3.38. The third-order valence-electron chi connectivity index (χ3n) is 3.19. The van der Waals surface area contributed by atoms with Crippen molar-refractivity contribution in [3.8, 4) is 0 Å².